The summed E-state index contributed by atoms with van der Waals surface area (Å²) in [4.78, 5) is 19.9. The minimum absolute atomic E-state index is 0.0462. The molecule has 1 amide bonds. The highest BCUT2D eigenvalue weighted by molar-refractivity contribution is 5.75. The molecule has 0 radical (unpaired) electrons. The van der Waals surface area contributed by atoms with Gasteiger partial charge in [-0.05, 0) is 31.0 Å². The smallest absolute Gasteiger partial charge is 0.220 e. The van der Waals surface area contributed by atoms with Crippen LogP contribution in [-0.2, 0) is 17.9 Å². The monoisotopic (exact) mass is 341 g/mol. The van der Waals surface area contributed by atoms with Gasteiger partial charge in [-0.15, -0.1) is 0 Å². The standard InChI is InChI=1S/C18H20FN5O/c1-14-21-7-10-24(14)17-5-4-15(11-16(17)19)12-22-18(25)3-2-8-23-9-6-20-13-23/h4-7,9-11,13H,2-3,8,12H2,1H3,(H,22,25). The summed E-state index contributed by atoms with van der Waals surface area (Å²) in [7, 11) is 0. The van der Waals surface area contributed by atoms with Gasteiger partial charge in [0.2, 0.25) is 5.91 Å². The van der Waals surface area contributed by atoms with Crippen LogP contribution in [0.25, 0.3) is 5.69 Å². The molecule has 0 saturated heterocycles. The predicted octanol–water partition coefficient (Wildman–Crippen LogP) is 2.61. The maximum absolute atomic E-state index is 14.3. The summed E-state index contributed by atoms with van der Waals surface area (Å²) in [5.74, 6) is 0.334. The van der Waals surface area contributed by atoms with E-state index in [2.05, 4.69) is 15.3 Å². The van der Waals surface area contributed by atoms with Crippen LogP contribution in [0.3, 0.4) is 0 Å². The summed E-state index contributed by atoms with van der Waals surface area (Å²) in [6, 6.07) is 4.95. The van der Waals surface area contributed by atoms with Gasteiger partial charge in [0.05, 0.1) is 12.0 Å². The molecule has 0 aliphatic heterocycles. The third-order valence-electron chi connectivity index (χ3n) is 3.97. The van der Waals surface area contributed by atoms with Crippen molar-refractivity contribution in [3.8, 4) is 5.69 Å². The van der Waals surface area contributed by atoms with Gasteiger partial charge in [0, 0.05) is 44.3 Å². The Balaban J connectivity index is 1.50. The Morgan fingerprint density at radius 3 is 2.84 bits per heavy atom. The first-order chi connectivity index (χ1) is 12.1. The number of carbonyl (C=O) groups is 1. The van der Waals surface area contributed by atoms with Crippen molar-refractivity contribution in [1.82, 2.24) is 24.4 Å². The largest absolute Gasteiger partial charge is 0.352 e. The maximum Gasteiger partial charge on any atom is 0.220 e. The van der Waals surface area contributed by atoms with Crippen LogP contribution in [0.15, 0.2) is 49.3 Å². The molecule has 3 rings (SSSR count). The van der Waals surface area contributed by atoms with E-state index in [0.29, 0.717) is 18.7 Å². The molecular weight excluding hydrogens is 321 g/mol. The Kier molecular flexibility index (Phi) is 5.23. The molecule has 0 aliphatic rings. The molecule has 0 bridgehead atoms. The van der Waals surface area contributed by atoms with Crippen molar-refractivity contribution in [2.75, 3.05) is 0 Å². The third-order valence-corrected chi connectivity index (χ3v) is 3.97. The lowest BCUT2D eigenvalue weighted by Gasteiger charge is -2.10. The second kappa shape index (κ2) is 7.74. The predicted molar refractivity (Wildman–Crippen MR) is 91.6 cm³/mol. The van der Waals surface area contributed by atoms with Gasteiger partial charge in [-0.25, -0.2) is 14.4 Å². The quantitative estimate of drug-likeness (QED) is 0.718. The number of halogens is 1. The number of imidazole rings is 2. The number of carbonyl (C=O) groups excluding carboxylic acids is 1. The lowest BCUT2D eigenvalue weighted by atomic mass is 10.2. The summed E-state index contributed by atoms with van der Waals surface area (Å²) in [6.45, 7) is 2.88. The minimum Gasteiger partial charge on any atom is -0.352 e. The first-order valence-corrected chi connectivity index (χ1v) is 8.14. The van der Waals surface area contributed by atoms with Crippen LogP contribution in [-0.4, -0.2) is 25.0 Å². The van der Waals surface area contributed by atoms with Crippen LogP contribution in [0.2, 0.25) is 0 Å². The van der Waals surface area contributed by atoms with E-state index in [1.54, 1.807) is 35.6 Å². The van der Waals surface area contributed by atoms with E-state index in [1.165, 1.54) is 6.07 Å². The highest BCUT2D eigenvalue weighted by Gasteiger charge is 2.08. The van der Waals surface area contributed by atoms with E-state index in [4.69, 9.17) is 0 Å². The van der Waals surface area contributed by atoms with Gasteiger partial charge in [0.25, 0.3) is 0 Å². The number of aryl methyl sites for hydroxylation is 2. The van der Waals surface area contributed by atoms with E-state index >= 15 is 0 Å². The van der Waals surface area contributed by atoms with Crippen LogP contribution < -0.4 is 5.32 Å². The second-order valence-corrected chi connectivity index (χ2v) is 5.81. The normalized spacial score (nSPS) is 10.8. The second-order valence-electron chi connectivity index (χ2n) is 5.81. The summed E-state index contributed by atoms with van der Waals surface area (Å²) in [5.41, 5.74) is 1.17. The van der Waals surface area contributed by atoms with E-state index in [-0.39, 0.29) is 11.7 Å². The lowest BCUT2D eigenvalue weighted by molar-refractivity contribution is -0.121. The molecule has 0 saturated carbocycles. The van der Waals surface area contributed by atoms with Gasteiger partial charge >= 0.3 is 0 Å². The summed E-state index contributed by atoms with van der Waals surface area (Å²) in [5, 5.41) is 2.82. The van der Waals surface area contributed by atoms with Crippen LogP contribution in [0.4, 0.5) is 4.39 Å². The number of rotatable bonds is 7. The van der Waals surface area contributed by atoms with Crippen molar-refractivity contribution >= 4 is 5.91 Å². The molecule has 2 aromatic heterocycles. The first kappa shape index (κ1) is 16.9. The summed E-state index contributed by atoms with van der Waals surface area (Å²) >= 11 is 0. The number of amides is 1. The SMILES string of the molecule is Cc1nccn1-c1ccc(CNC(=O)CCCn2ccnc2)cc1F. The average Bonchev–Trinajstić information content (AvgIpc) is 3.25. The fourth-order valence-electron chi connectivity index (χ4n) is 2.62. The molecule has 0 aliphatic carbocycles. The Hall–Kier alpha value is -2.96. The third kappa shape index (κ3) is 4.32. The molecule has 6 nitrogen and oxygen atoms in total. The van der Waals surface area contributed by atoms with Crippen molar-refractivity contribution in [2.45, 2.75) is 32.9 Å². The molecule has 0 atom stereocenters. The van der Waals surface area contributed by atoms with Crippen molar-refractivity contribution in [3.05, 3.63) is 66.5 Å². The zero-order chi connectivity index (χ0) is 17.6. The lowest BCUT2D eigenvalue weighted by Crippen LogP contribution is -2.22. The topological polar surface area (TPSA) is 64.7 Å². The van der Waals surface area contributed by atoms with E-state index in [9.17, 15) is 9.18 Å². The van der Waals surface area contributed by atoms with Crippen molar-refractivity contribution in [1.29, 1.82) is 0 Å². The molecule has 7 heteroatoms. The average molecular weight is 341 g/mol. The molecular formula is C18H20FN5O. The Morgan fingerprint density at radius 2 is 2.16 bits per heavy atom. The number of nitrogens with zero attached hydrogens (tertiary/aromatic N) is 4. The summed E-state index contributed by atoms with van der Waals surface area (Å²) in [6.07, 6.45) is 9.81. The van der Waals surface area contributed by atoms with Gasteiger partial charge in [-0.3, -0.25) is 4.79 Å². The number of aromatic nitrogens is 4. The van der Waals surface area contributed by atoms with E-state index < -0.39 is 0 Å². The molecule has 0 fully saturated rings. The Bertz CT molecular complexity index is 841. The van der Waals surface area contributed by atoms with Crippen LogP contribution in [0, 0.1) is 12.7 Å². The Labute approximate surface area is 145 Å². The van der Waals surface area contributed by atoms with Crippen LogP contribution in [0.1, 0.15) is 24.2 Å². The maximum atomic E-state index is 14.3. The number of nitrogens with one attached hydrogen (secondary N) is 1. The van der Waals surface area contributed by atoms with Crippen LogP contribution in [0.5, 0.6) is 0 Å². The molecule has 0 spiro atoms. The molecule has 130 valence electrons. The van der Waals surface area contributed by atoms with Crippen molar-refractivity contribution < 1.29 is 9.18 Å². The molecule has 0 unspecified atom stereocenters. The Morgan fingerprint density at radius 1 is 1.28 bits per heavy atom. The van der Waals surface area contributed by atoms with Crippen molar-refractivity contribution in [2.24, 2.45) is 0 Å². The zero-order valence-corrected chi connectivity index (χ0v) is 14.0. The minimum atomic E-state index is -0.340. The number of hydrogen-bond acceptors (Lipinski definition) is 3. The first-order valence-electron chi connectivity index (χ1n) is 8.14. The number of hydrogen-bond donors (Lipinski definition) is 1. The van der Waals surface area contributed by atoms with Gasteiger partial charge in [0.1, 0.15) is 11.6 Å². The molecule has 2 heterocycles. The zero-order valence-electron chi connectivity index (χ0n) is 14.0. The summed E-state index contributed by atoms with van der Waals surface area (Å²) < 4.78 is 17.9. The van der Waals surface area contributed by atoms with Gasteiger partial charge in [0.15, 0.2) is 0 Å². The van der Waals surface area contributed by atoms with Gasteiger partial charge < -0.3 is 14.5 Å². The van der Waals surface area contributed by atoms with Gasteiger partial charge in [-0.1, -0.05) is 6.07 Å². The fourth-order valence-corrected chi connectivity index (χ4v) is 2.62. The molecule has 25 heavy (non-hydrogen) atoms. The molecule has 3 aromatic rings. The van der Waals surface area contributed by atoms with Crippen molar-refractivity contribution in [3.63, 3.8) is 0 Å². The van der Waals surface area contributed by atoms with E-state index in [1.807, 2.05) is 23.8 Å². The highest BCUT2D eigenvalue weighted by atomic mass is 19.1. The van der Waals surface area contributed by atoms with Gasteiger partial charge in [-0.2, -0.15) is 0 Å². The van der Waals surface area contributed by atoms with E-state index in [0.717, 1.165) is 24.4 Å². The fraction of sp³-hybridized carbons (Fsp3) is 0.278. The van der Waals surface area contributed by atoms with Crippen LogP contribution >= 0.6 is 0 Å². The highest BCUT2D eigenvalue weighted by Crippen LogP contribution is 2.16. The molecule has 1 aromatic carbocycles. The molecule has 1 N–H and O–H groups in total. The number of benzene rings is 1.